The van der Waals surface area contributed by atoms with Crippen LogP contribution in [-0.4, -0.2) is 4.98 Å². The molecule has 0 saturated carbocycles. The van der Waals surface area contributed by atoms with E-state index in [-0.39, 0.29) is 0 Å². The third-order valence-corrected chi connectivity index (χ3v) is 3.15. The summed E-state index contributed by atoms with van der Waals surface area (Å²) >= 11 is 6.03. The number of nitrogens with zero attached hydrogens (tertiary/aromatic N) is 1. The van der Waals surface area contributed by atoms with Crippen LogP contribution in [0.2, 0.25) is 5.15 Å². The van der Waals surface area contributed by atoms with Crippen LogP contribution in [0.4, 0.5) is 0 Å². The van der Waals surface area contributed by atoms with E-state index in [0.717, 1.165) is 11.8 Å². The van der Waals surface area contributed by atoms with E-state index in [1.165, 1.54) is 30.2 Å². The fourth-order valence-corrected chi connectivity index (χ4v) is 2.15. The number of rotatable bonds is 4. The second-order valence-corrected chi connectivity index (χ2v) is 4.47. The Bertz CT molecular complexity index is 479. The van der Waals surface area contributed by atoms with Crippen LogP contribution in [0.25, 0.3) is 10.8 Å². The number of benzene rings is 1. The molecule has 2 aromatic rings. The van der Waals surface area contributed by atoms with E-state index in [9.17, 15) is 0 Å². The SMILES string of the molecule is CCCCCc1ccc2c(Cl)nccc2c1. The van der Waals surface area contributed by atoms with Gasteiger partial charge in [0.2, 0.25) is 0 Å². The minimum Gasteiger partial charge on any atom is -0.244 e. The molecule has 0 amide bonds. The number of pyridine rings is 1. The predicted octanol–water partition coefficient (Wildman–Crippen LogP) is 4.62. The fraction of sp³-hybridized carbons (Fsp3) is 0.357. The number of aromatic nitrogens is 1. The van der Waals surface area contributed by atoms with E-state index < -0.39 is 0 Å². The highest BCUT2D eigenvalue weighted by Crippen LogP contribution is 2.22. The van der Waals surface area contributed by atoms with Crippen molar-refractivity contribution in [3.8, 4) is 0 Å². The van der Waals surface area contributed by atoms with E-state index >= 15 is 0 Å². The lowest BCUT2D eigenvalue weighted by molar-refractivity contribution is 0.718. The molecule has 1 aromatic heterocycles. The van der Waals surface area contributed by atoms with Gasteiger partial charge in [-0.25, -0.2) is 4.98 Å². The number of fused-ring (bicyclic) bond motifs is 1. The zero-order valence-electron chi connectivity index (χ0n) is 9.54. The molecule has 0 radical (unpaired) electrons. The van der Waals surface area contributed by atoms with Gasteiger partial charge in [-0.3, -0.25) is 0 Å². The summed E-state index contributed by atoms with van der Waals surface area (Å²) in [5.74, 6) is 0. The van der Waals surface area contributed by atoms with Gasteiger partial charge in [0.15, 0.2) is 0 Å². The molecule has 1 aromatic carbocycles. The minimum absolute atomic E-state index is 0.595. The normalized spacial score (nSPS) is 10.9. The largest absolute Gasteiger partial charge is 0.244 e. The Morgan fingerprint density at radius 1 is 1.19 bits per heavy atom. The first-order chi connectivity index (χ1) is 7.81. The lowest BCUT2D eigenvalue weighted by atomic mass is 10.0. The number of hydrogen-bond donors (Lipinski definition) is 0. The molecule has 0 N–H and O–H groups in total. The zero-order chi connectivity index (χ0) is 11.4. The quantitative estimate of drug-likeness (QED) is 0.555. The number of unbranched alkanes of at least 4 members (excludes halogenated alkanes) is 2. The second kappa shape index (κ2) is 5.31. The smallest absolute Gasteiger partial charge is 0.136 e. The van der Waals surface area contributed by atoms with Crippen molar-refractivity contribution in [2.24, 2.45) is 0 Å². The molecule has 16 heavy (non-hydrogen) atoms. The summed E-state index contributed by atoms with van der Waals surface area (Å²) in [7, 11) is 0. The molecule has 2 heteroatoms. The Morgan fingerprint density at radius 2 is 2.06 bits per heavy atom. The first kappa shape index (κ1) is 11.4. The molecule has 0 spiro atoms. The van der Waals surface area contributed by atoms with Gasteiger partial charge in [-0.05, 0) is 29.9 Å². The summed E-state index contributed by atoms with van der Waals surface area (Å²) < 4.78 is 0. The molecule has 0 atom stereocenters. The summed E-state index contributed by atoms with van der Waals surface area (Å²) in [5.41, 5.74) is 1.39. The van der Waals surface area contributed by atoms with Crippen LogP contribution in [0, 0.1) is 0 Å². The van der Waals surface area contributed by atoms with Crippen LogP contribution in [0.5, 0.6) is 0 Å². The van der Waals surface area contributed by atoms with Gasteiger partial charge in [0.25, 0.3) is 0 Å². The van der Waals surface area contributed by atoms with Crippen LogP contribution in [-0.2, 0) is 6.42 Å². The van der Waals surface area contributed by atoms with Crippen molar-refractivity contribution in [3.05, 3.63) is 41.2 Å². The van der Waals surface area contributed by atoms with Gasteiger partial charge >= 0.3 is 0 Å². The van der Waals surface area contributed by atoms with E-state index in [2.05, 4.69) is 30.1 Å². The highest BCUT2D eigenvalue weighted by Gasteiger charge is 2.00. The fourth-order valence-electron chi connectivity index (χ4n) is 1.93. The van der Waals surface area contributed by atoms with Gasteiger partial charge in [0.05, 0.1) is 0 Å². The second-order valence-electron chi connectivity index (χ2n) is 4.11. The third kappa shape index (κ3) is 2.53. The minimum atomic E-state index is 0.595. The molecule has 0 fully saturated rings. The maximum absolute atomic E-state index is 6.03. The molecule has 0 aliphatic rings. The number of hydrogen-bond acceptors (Lipinski definition) is 1. The molecule has 0 bridgehead atoms. The molecular weight excluding hydrogens is 218 g/mol. The molecular formula is C14H16ClN. The third-order valence-electron chi connectivity index (χ3n) is 2.85. The maximum atomic E-state index is 6.03. The summed E-state index contributed by atoms with van der Waals surface area (Å²) in [6.45, 7) is 2.23. The molecule has 0 saturated heterocycles. The van der Waals surface area contributed by atoms with Gasteiger partial charge in [-0.1, -0.05) is 49.6 Å². The van der Waals surface area contributed by atoms with Crippen molar-refractivity contribution in [2.75, 3.05) is 0 Å². The lowest BCUT2D eigenvalue weighted by Crippen LogP contribution is -1.86. The first-order valence-electron chi connectivity index (χ1n) is 5.84. The van der Waals surface area contributed by atoms with E-state index in [1.54, 1.807) is 6.20 Å². The average molecular weight is 234 g/mol. The Hall–Kier alpha value is -1.08. The lowest BCUT2D eigenvalue weighted by Gasteiger charge is -2.04. The predicted molar refractivity (Wildman–Crippen MR) is 70.0 cm³/mol. The Morgan fingerprint density at radius 3 is 2.88 bits per heavy atom. The van der Waals surface area contributed by atoms with Crippen molar-refractivity contribution in [3.63, 3.8) is 0 Å². The van der Waals surface area contributed by atoms with Crippen LogP contribution in [0.15, 0.2) is 30.5 Å². The zero-order valence-corrected chi connectivity index (χ0v) is 10.3. The van der Waals surface area contributed by atoms with Gasteiger partial charge in [-0.2, -0.15) is 0 Å². The summed E-state index contributed by atoms with van der Waals surface area (Å²) in [5, 5.41) is 2.83. The molecule has 0 aliphatic carbocycles. The van der Waals surface area contributed by atoms with E-state index in [4.69, 9.17) is 11.6 Å². The van der Waals surface area contributed by atoms with E-state index in [1.807, 2.05) is 6.07 Å². The van der Waals surface area contributed by atoms with Gasteiger partial charge in [0, 0.05) is 11.6 Å². The average Bonchev–Trinajstić information content (AvgIpc) is 2.30. The first-order valence-corrected chi connectivity index (χ1v) is 6.22. The van der Waals surface area contributed by atoms with Crippen molar-refractivity contribution in [1.82, 2.24) is 4.98 Å². The van der Waals surface area contributed by atoms with Crippen molar-refractivity contribution >= 4 is 22.4 Å². The van der Waals surface area contributed by atoms with Crippen LogP contribution in [0.1, 0.15) is 31.7 Å². The molecule has 0 aliphatic heterocycles. The van der Waals surface area contributed by atoms with Crippen LogP contribution in [0.3, 0.4) is 0 Å². The van der Waals surface area contributed by atoms with Crippen molar-refractivity contribution < 1.29 is 0 Å². The number of aryl methyl sites for hydroxylation is 1. The maximum Gasteiger partial charge on any atom is 0.136 e. The van der Waals surface area contributed by atoms with Gasteiger partial charge in [0.1, 0.15) is 5.15 Å². The summed E-state index contributed by atoms with van der Waals surface area (Å²) in [6.07, 6.45) is 6.75. The summed E-state index contributed by atoms with van der Waals surface area (Å²) in [6, 6.07) is 8.47. The Balaban J connectivity index is 2.23. The standard InChI is InChI=1S/C14H16ClN/c1-2-3-4-5-11-6-7-13-12(10-11)8-9-16-14(13)15/h6-10H,2-5H2,1H3. The molecule has 2 rings (SSSR count). The van der Waals surface area contributed by atoms with Crippen LogP contribution >= 0.6 is 11.6 Å². The number of halogens is 1. The Labute approximate surface area is 101 Å². The molecule has 1 nitrogen and oxygen atoms in total. The Kier molecular flexibility index (Phi) is 3.79. The van der Waals surface area contributed by atoms with Gasteiger partial charge in [-0.15, -0.1) is 0 Å². The highest BCUT2D eigenvalue weighted by atomic mass is 35.5. The van der Waals surface area contributed by atoms with Gasteiger partial charge < -0.3 is 0 Å². The highest BCUT2D eigenvalue weighted by molar-refractivity contribution is 6.34. The molecule has 84 valence electrons. The summed E-state index contributed by atoms with van der Waals surface area (Å²) in [4.78, 5) is 4.08. The van der Waals surface area contributed by atoms with Crippen molar-refractivity contribution in [1.29, 1.82) is 0 Å². The monoisotopic (exact) mass is 233 g/mol. The van der Waals surface area contributed by atoms with E-state index in [0.29, 0.717) is 5.15 Å². The molecule has 1 heterocycles. The topological polar surface area (TPSA) is 12.9 Å². The van der Waals surface area contributed by atoms with Crippen LogP contribution < -0.4 is 0 Å². The molecule has 0 unspecified atom stereocenters. The van der Waals surface area contributed by atoms with Crippen molar-refractivity contribution in [2.45, 2.75) is 32.6 Å².